The molecular weight excluding hydrogens is 899 g/mol. The first-order valence-corrected chi connectivity index (χ1v) is 25.6. The van der Waals surface area contributed by atoms with Gasteiger partial charge in [0.1, 0.15) is 6.29 Å². The Morgan fingerprint density at radius 3 is 1.39 bits per heavy atom. The van der Waals surface area contributed by atoms with Crippen molar-refractivity contribution in [3.63, 3.8) is 0 Å². The van der Waals surface area contributed by atoms with E-state index in [9.17, 15) is 0 Å². The van der Waals surface area contributed by atoms with Crippen LogP contribution in [0.4, 0.5) is 0 Å². The van der Waals surface area contributed by atoms with Crippen molar-refractivity contribution in [2.24, 2.45) is 0 Å². The highest BCUT2D eigenvalue weighted by Crippen LogP contribution is 2.45. The minimum Gasteiger partial charge on any atom is -0.309 e. The van der Waals surface area contributed by atoms with Crippen molar-refractivity contribution in [1.82, 2.24) is 25.1 Å². The first-order valence-electron chi connectivity index (χ1n) is 25.6. The summed E-state index contributed by atoms with van der Waals surface area (Å²) in [6, 6.07) is 99.3. The van der Waals surface area contributed by atoms with E-state index < -0.39 is 0 Å². The third-order valence-corrected chi connectivity index (χ3v) is 15.0. The van der Waals surface area contributed by atoms with Gasteiger partial charge in [-0.05, 0) is 97.6 Å². The molecule has 3 unspecified atom stereocenters. The van der Waals surface area contributed by atoms with Crippen molar-refractivity contribution in [1.29, 1.82) is 0 Å². The fourth-order valence-electron chi connectivity index (χ4n) is 11.6. The number of rotatable bonds is 9. The van der Waals surface area contributed by atoms with E-state index in [1.807, 2.05) is 0 Å². The van der Waals surface area contributed by atoms with Crippen LogP contribution in [0.2, 0.25) is 0 Å². The number of hydrogen-bond donors (Lipinski definition) is 3. The molecule has 0 amide bonds. The Morgan fingerprint density at radius 2 is 0.743 bits per heavy atom. The van der Waals surface area contributed by atoms with E-state index in [1.165, 1.54) is 54.9 Å². The van der Waals surface area contributed by atoms with Crippen LogP contribution in [0.15, 0.2) is 273 Å². The molecule has 1 aliphatic rings. The van der Waals surface area contributed by atoms with E-state index in [-0.39, 0.29) is 18.6 Å². The van der Waals surface area contributed by atoms with Gasteiger partial charge in [0.2, 0.25) is 0 Å². The van der Waals surface area contributed by atoms with Gasteiger partial charge in [-0.15, -0.1) is 0 Å². The predicted molar refractivity (Wildman–Crippen MR) is 308 cm³/mol. The zero-order valence-corrected chi connectivity index (χ0v) is 40.6. The van der Waals surface area contributed by atoms with Crippen LogP contribution in [0.3, 0.4) is 0 Å². The van der Waals surface area contributed by atoms with Crippen molar-refractivity contribution in [3.8, 4) is 61.3 Å². The van der Waals surface area contributed by atoms with Crippen LogP contribution >= 0.6 is 0 Å². The lowest BCUT2D eigenvalue weighted by Crippen LogP contribution is -2.56. The third kappa shape index (κ3) is 7.62. The quantitative estimate of drug-likeness (QED) is 0.135. The summed E-state index contributed by atoms with van der Waals surface area (Å²) in [6.45, 7) is 0. The molecule has 3 atom stereocenters. The van der Waals surface area contributed by atoms with Crippen LogP contribution in [-0.2, 0) is 0 Å². The predicted octanol–water partition coefficient (Wildman–Crippen LogP) is 16.9. The van der Waals surface area contributed by atoms with Gasteiger partial charge in [-0.2, -0.15) is 0 Å². The second kappa shape index (κ2) is 18.5. The molecule has 0 saturated carbocycles. The van der Waals surface area contributed by atoms with Gasteiger partial charge in [0.15, 0.2) is 0 Å². The zero-order valence-electron chi connectivity index (χ0n) is 40.6. The maximum atomic E-state index is 4.22. The molecule has 11 aromatic carbocycles. The van der Waals surface area contributed by atoms with Gasteiger partial charge in [-0.3, -0.25) is 16.0 Å². The molecular formula is C69H51N5. The van der Waals surface area contributed by atoms with Gasteiger partial charge < -0.3 is 9.13 Å². The summed E-state index contributed by atoms with van der Waals surface area (Å²) >= 11 is 0. The Hall–Kier alpha value is -9.10. The summed E-state index contributed by atoms with van der Waals surface area (Å²) in [7, 11) is 0. The van der Waals surface area contributed by atoms with E-state index in [0.717, 1.165) is 61.1 Å². The zero-order chi connectivity index (χ0) is 49.0. The minimum atomic E-state index is -0.379. The average molecular weight is 950 g/mol. The normalized spacial score (nSPS) is 15.8. The molecule has 1 aliphatic heterocycles. The molecule has 1 fully saturated rings. The molecule has 3 N–H and O–H groups in total. The number of benzene rings is 11. The van der Waals surface area contributed by atoms with Crippen molar-refractivity contribution in [3.05, 3.63) is 284 Å². The first-order chi connectivity index (χ1) is 36.7. The molecule has 0 aliphatic carbocycles. The van der Waals surface area contributed by atoms with Gasteiger partial charge in [0.25, 0.3) is 0 Å². The lowest BCUT2D eigenvalue weighted by molar-refractivity contribution is 0.161. The Bertz CT molecular complexity index is 4160. The Balaban J connectivity index is 1.02. The molecule has 74 heavy (non-hydrogen) atoms. The Morgan fingerprint density at radius 1 is 0.270 bits per heavy atom. The number of aromatic nitrogens is 2. The van der Waals surface area contributed by atoms with Gasteiger partial charge >= 0.3 is 0 Å². The maximum absolute atomic E-state index is 4.22. The molecule has 0 spiro atoms. The molecule has 5 nitrogen and oxygen atoms in total. The summed E-state index contributed by atoms with van der Waals surface area (Å²) in [5.41, 5.74) is 19.8. The van der Waals surface area contributed by atoms with E-state index in [1.54, 1.807) is 0 Å². The van der Waals surface area contributed by atoms with Crippen LogP contribution in [0.5, 0.6) is 0 Å². The molecule has 0 bridgehead atoms. The summed E-state index contributed by atoms with van der Waals surface area (Å²) in [5.74, 6) is 0. The van der Waals surface area contributed by atoms with E-state index in [2.05, 4.69) is 298 Å². The summed E-state index contributed by atoms with van der Waals surface area (Å²) in [5, 5.41) is 17.2. The molecule has 3 heterocycles. The molecule has 2 aromatic heterocycles. The topological polar surface area (TPSA) is 46.0 Å². The Labute approximate surface area is 430 Å². The van der Waals surface area contributed by atoms with Gasteiger partial charge in [-0.1, -0.05) is 237 Å². The fraction of sp³-hybridized carbons (Fsp3) is 0.0435. The second-order valence-electron chi connectivity index (χ2n) is 19.4. The molecule has 0 radical (unpaired) electrons. The fourth-order valence-corrected chi connectivity index (χ4v) is 11.6. The highest BCUT2D eigenvalue weighted by atomic mass is 15.4. The van der Waals surface area contributed by atoms with E-state index in [0.29, 0.717) is 0 Å². The smallest absolute Gasteiger partial charge is 0.142 e. The highest BCUT2D eigenvalue weighted by molar-refractivity contribution is 6.23. The SMILES string of the molecule is c1ccc(-c2cc(-c3ccccc3-c3ccccc3)cc(C3NC(c4ccccc4)NC(n4c5ccccc5c5ccc6c7ccccc7n(-c7cc(-c8ccccc8)ccc7-c7ccccc7)c6c54)N3)c2)cc1. The number of nitrogens with one attached hydrogen (secondary N) is 3. The highest BCUT2D eigenvalue weighted by Gasteiger charge is 2.33. The number of fused-ring (bicyclic) bond motifs is 7. The molecule has 14 rings (SSSR count). The lowest BCUT2D eigenvalue weighted by atomic mass is 9.90. The number of para-hydroxylation sites is 2. The number of hydrogen-bond acceptors (Lipinski definition) is 3. The monoisotopic (exact) mass is 949 g/mol. The molecule has 13 aromatic rings. The maximum Gasteiger partial charge on any atom is 0.142 e. The summed E-state index contributed by atoms with van der Waals surface area (Å²) < 4.78 is 5.09. The first kappa shape index (κ1) is 43.7. The van der Waals surface area contributed by atoms with E-state index in [4.69, 9.17) is 0 Å². The minimum absolute atomic E-state index is 0.221. The third-order valence-electron chi connectivity index (χ3n) is 15.0. The molecule has 352 valence electrons. The van der Waals surface area contributed by atoms with Gasteiger partial charge in [0.05, 0.1) is 40.1 Å². The lowest BCUT2D eigenvalue weighted by Gasteiger charge is -2.40. The second-order valence-corrected chi connectivity index (χ2v) is 19.4. The van der Waals surface area contributed by atoms with Crippen LogP contribution in [-0.4, -0.2) is 9.13 Å². The van der Waals surface area contributed by atoms with Gasteiger partial charge in [-0.25, -0.2) is 0 Å². The van der Waals surface area contributed by atoms with Crippen LogP contribution < -0.4 is 16.0 Å². The summed E-state index contributed by atoms with van der Waals surface area (Å²) in [4.78, 5) is 0. The van der Waals surface area contributed by atoms with Crippen LogP contribution in [0.25, 0.3) is 105 Å². The van der Waals surface area contributed by atoms with Crippen molar-refractivity contribution >= 4 is 43.6 Å². The molecule has 1 saturated heterocycles. The Kier molecular flexibility index (Phi) is 10.9. The van der Waals surface area contributed by atoms with Crippen molar-refractivity contribution < 1.29 is 0 Å². The molecule has 5 heteroatoms. The van der Waals surface area contributed by atoms with Crippen molar-refractivity contribution in [2.75, 3.05) is 0 Å². The summed E-state index contributed by atoms with van der Waals surface area (Å²) in [6.07, 6.45) is -0.886. The van der Waals surface area contributed by atoms with E-state index >= 15 is 0 Å². The van der Waals surface area contributed by atoms with Gasteiger partial charge in [0, 0.05) is 27.1 Å². The van der Waals surface area contributed by atoms with Crippen LogP contribution in [0, 0.1) is 0 Å². The average Bonchev–Trinajstić information content (AvgIpc) is 4.06. The standard InChI is InChI=1S/C69H51N5/c1-6-22-46(23-7-1)51-38-39-57(49-28-12-4-13-29-49)64(45-51)73-62-36-20-18-34-58(62)60-40-41-61-59-35-19-21-37-63(59)74(66(61)65(60)73)69-71-67(50-30-14-5-15-31-50)70-68(72-69)54-43-52(47-24-8-2-9-25-47)42-53(44-54)56-33-17-16-32-55(56)48-26-10-3-11-27-48/h1-45,67-72H. The number of nitrogens with zero attached hydrogens (tertiary/aromatic N) is 2. The van der Waals surface area contributed by atoms with Crippen LogP contribution in [0.1, 0.15) is 29.7 Å². The largest absolute Gasteiger partial charge is 0.309 e. The van der Waals surface area contributed by atoms with Crippen molar-refractivity contribution in [2.45, 2.75) is 18.6 Å².